The molecule has 0 atom stereocenters. The maximum absolute atomic E-state index is 12.3. The third kappa shape index (κ3) is 4.14. The van der Waals surface area contributed by atoms with Crippen molar-refractivity contribution in [1.29, 1.82) is 0 Å². The lowest BCUT2D eigenvalue weighted by Gasteiger charge is -2.16. The van der Waals surface area contributed by atoms with Gasteiger partial charge in [-0.05, 0) is 43.5 Å². The van der Waals surface area contributed by atoms with Crippen molar-refractivity contribution in [2.45, 2.75) is 38.0 Å². The van der Waals surface area contributed by atoms with Crippen molar-refractivity contribution in [2.24, 2.45) is 0 Å². The predicted octanol–water partition coefficient (Wildman–Crippen LogP) is 3.46. The molecular formula is C21H25N5OS. The number of fused-ring (bicyclic) bond motifs is 1. The molecular weight excluding hydrogens is 370 g/mol. The van der Waals surface area contributed by atoms with E-state index in [1.54, 1.807) is 0 Å². The van der Waals surface area contributed by atoms with E-state index < -0.39 is 0 Å². The molecule has 1 aromatic carbocycles. The summed E-state index contributed by atoms with van der Waals surface area (Å²) in [4.78, 5) is 23.8. The van der Waals surface area contributed by atoms with Crippen LogP contribution in [0.4, 0.5) is 5.82 Å². The number of amides is 1. The van der Waals surface area contributed by atoms with Gasteiger partial charge in [-0.1, -0.05) is 30.0 Å². The van der Waals surface area contributed by atoms with Gasteiger partial charge in [0.2, 0.25) is 5.91 Å². The van der Waals surface area contributed by atoms with Crippen LogP contribution in [0.1, 0.15) is 25.3 Å². The Balaban J connectivity index is 1.30. The molecule has 3 heterocycles. The summed E-state index contributed by atoms with van der Waals surface area (Å²) in [6.45, 7) is 5.60. The van der Waals surface area contributed by atoms with E-state index in [1.807, 2.05) is 36.5 Å². The van der Waals surface area contributed by atoms with Crippen molar-refractivity contribution in [2.75, 3.05) is 23.7 Å². The first-order valence-electron chi connectivity index (χ1n) is 9.79. The summed E-state index contributed by atoms with van der Waals surface area (Å²) in [6.07, 6.45) is 4.34. The topological polar surface area (TPSA) is 63.1 Å². The number of aromatic nitrogens is 3. The molecule has 6 nitrogen and oxygen atoms in total. The van der Waals surface area contributed by atoms with Crippen LogP contribution in [0.25, 0.3) is 11.0 Å². The Hall–Kier alpha value is -2.54. The van der Waals surface area contributed by atoms with Crippen LogP contribution in [0.5, 0.6) is 0 Å². The van der Waals surface area contributed by atoms with E-state index in [0.29, 0.717) is 12.3 Å². The Kier molecular flexibility index (Phi) is 5.81. The number of hydrogen-bond donors (Lipinski definition) is 1. The van der Waals surface area contributed by atoms with Crippen LogP contribution in [0, 0.1) is 0 Å². The van der Waals surface area contributed by atoms with Gasteiger partial charge in [0.15, 0.2) is 5.16 Å². The van der Waals surface area contributed by atoms with Gasteiger partial charge in [-0.15, -0.1) is 0 Å². The number of aryl methyl sites for hydroxylation is 1. The minimum Gasteiger partial charge on any atom is -0.357 e. The van der Waals surface area contributed by atoms with Gasteiger partial charge in [-0.2, -0.15) is 0 Å². The minimum atomic E-state index is 0.00308. The highest BCUT2D eigenvalue weighted by Gasteiger charge is 2.14. The second-order valence-corrected chi connectivity index (χ2v) is 7.85. The molecule has 1 saturated heterocycles. The van der Waals surface area contributed by atoms with Crippen molar-refractivity contribution in [3.8, 4) is 0 Å². The van der Waals surface area contributed by atoms with Crippen LogP contribution in [0.15, 0.2) is 47.8 Å². The highest BCUT2D eigenvalue weighted by atomic mass is 32.2. The van der Waals surface area contributed by atoms with Gasteiger partial charge in [-0.25, -0.2) is 9.97 Å². The smallest absolute Gasteiger partial charge is 0.230 e. The summed E-state index contributed by atoms with van der Waals surface area (Å²) < 4.78 is 2.15. The molecule has 0 radical (unpaired) electrons. The third-order valence-electron chi connectivity index (χ3n) is 5.00. The number of hydrogen-bond acceptors (Lipinski definition) is 5. The number of benzene rings is 1. The molecule has 1 N–H and O–H groups in total. The first-order valence-corrected chi connectivity index (χ1v) is 10.8. The number of nitrogens with zero attached hydrogens (tertiary/aromatic N) is 4. The molecule has 1 amide bonds. The Labute approximate surface area is 169 Å². The first-order chi connectivity index (χ1) is 13.7. The molecule has 146 valence electrons. The van der Waals surface area contributed by atoms with Gasteiger partial charge >= 0.3 is 0 Å². The lowest BCUT2D eigenvalue weighted by molar-refractivity contribution is -0.118. The van der Waals surface area contributed by atoms with Crippen molar-refractivity contribution in [1.82, 2.24) is 19.9 Å². The van der Waals surface area contributed by atoms with Gasteiger partial charge in [-0.3, -0.25) is 4.79 Å². The Morgan fingerprint density at radius 2 is 2.00 bits per heavy atom. The Morgan fingerprint density at radius 3 is 2.75 bits per heavy atom. The van der Waals surface area contributed by atoms with Gasteiger partial charge in [0.1, 0.15) is 5.82 Å². The highest BCUT2D eigenvalue weighted by Crippen LogP contribution is 2.24. The monoisotopic (exact) mass is 395 g/mol. The number of para-hydroxylation sites is 2. The standard InChI is InChI=1S/C21H25N5OS/c1-2-26-18-8-4-3-7-17(18)24-21(26)28-15-20(27)23-14-16-9-10-19(22-13-16)25-11-5-6-12-25/h3-4,7-10,13H,2,5-6,11-12,14-15H2,1H3,(H,23,27). The zero-order valence-electron chi connectivity index (χ0n) is 16.1. The summed E-state index contributed by atoms with van der Waals surface area (Å²) in [5.74, 6) is 1.38. The third-order valence-corrected chi connectivity index (χ3v) is 5.97. The Morgan fingerprint density at radius 1 is 1.18 bits per heavy atom. The summed E-state index contributed by atoms with van der Waals surface area (Å²) in [6, 6.07) is 12.2. The molecule has 1 aliphatic rings. The van der Waals surface area contributed by atoms with Gasteiger partial charge in [0.05, 0.1) is 16.8 Å². The average Bonchev–Trinajstić information content (AvgIpc) is 3.38. The van der Waals surface area contributed by atoms with E-state index in [4.69, 9.17) is 0 Å². The van der Waals surface area contributed by atoms with E-state index in [1.165, 1.54) is 24.6 Å². The molecule has 3 aromatic rings. The van der Waals surface area contributed by atoms with Crippen molar-refractivity contribution >= 4 is 34.5 Å². The fraction of sp³-hybridized carbons (Fsp3) is 0.381. The summed E-state index contributed by atoms with van der Waals surface area (Å²) in [7, 11) is 0. The van der Waals surface area contributed by atoms with Crippen molar-refractivity contribution < 1.29 is 4.79 Å². The van der Waals surface area contributed by atoms with Crippen LogP contribution in [-0.4, -0.2) is 39.3 Å². The van der Waals surface area contributed by atoms with Crippen LogP contribution in [0.3, 0.4) is 0 Å². The quantitative estimate of drug-likeness (QED) is 0.621. The second-order valence-electron chi connectivity index (χ2n) is 6.91. The number of thioether (sulfide) groups is 1. The molecule has 0 aliphatic carbocycles. The van der Waals surface area contributed by atoms with Crippen molar-refractivity contribution in [3.63, 3.8) is 0 Å². The molecule has 1 aliphatic heterocycles. The highest BCUT2D eigenvalue weighted by molar-refractivity contribution is 7.99. The summed E-state index contributed by atoms with van der Waals surface area (Å²) >= 11 is 1.48. The predicted molar refractivity (Wildman–Crippen MR) is 114 cm³/mol. The van der Waals surface area contributed by atoms with Gasteiger partial charge in [0.25, 0.3) is 0 Å². The van der Waals surface area contributed by atoms with Crippen LogP contribution in [-0.2, 0) is 17.9 Å². The fourth-order valence-electron chi connectivity index (χ4n) is 3.51. The molecule has 0 saturated carbocycles. The lowest BCUT2D eigenvalue weighted by Crippen LogP contribution is -2.25. The van der Waals surface area contributed by atoms with E-state index in [0.717, 1.165) is 47.2 Å². The summed E-state index contributed by atoms with van der Waals surface area (Å²) in [5, 5.41) is 3.86. The maximum Gasteiger partial charge on any atom is 0.230 e. The molecule has 4 rings (SSSR count). The number of rotatable bonds is 7. The maximum atomic E-state index is 12.3. The summed E-state index contributed by atoms with van der Waals surface area (Å²) in [5.41, 5.74) is 3.09. The number of imidazole rings is 1. The van der Waals surface area contributed by atoms with Crippen LogP contribution >= 0.6 is 11.8 Å². The van der Waals surface area contributed by atoms with Gasteiger partial charge < -0.3 is 14.8 Å². The van der Waals surface area contributed by atoms with E-state index in [2.05, 4.69) is 37.7 Å². The average molecular weight is 396 g/mol. The number of nitrogens with one attached hydrogen (secondary N) is 1. The number of carbonyl (C=O) groups excluding carboxylic acids is 1. The molecule has 0 unspecified atom stereocenters. The van der Waals surface area contributed by atoms with Gasteiger partial charge in [0, 0.05) is 32.4 Å². The molecule has 28 heavy (non-hydrogen) atoms. The number of pyridine rings is 1. The number of carbonyl (C=O) groups is 1. The lowest BCUT2D eigenvalue weighted by atomic mass is 10.2. The molecule has 1 fully saturated rings. The molecule has 7 heteroatoms. The Bertz CT molecular complexity index is 947. The molecule has 0 bridgehead atoms. The van der Waals surface area contributed by atoms with Crippen LogP contribution < -0.4 is 10.2 Å². The number of anilines is 1. The first kappa shape index (κ1) is 18.8. The zero-order chi connectivity index (χ0) is 19.3. The fourth-order valence-corrected chi connectivity index (χ4v) is 4.41. The van der Waals surface area contributed by atoms with E-state index in [9.17, 15) is 4.79 Å². The van der Waals surface area contributed by atoms with Crippen molar-refractivity contribution in [3.05, 3.63) is 48.2 Å². The second kappa shape index (κ2) is 8.65. The molecule has 2 aromatic heterocycles. The minimum absolute atomic E-state index is 0.00308. The van der Waals surface area contributed by atoms with Crippen LogP contribution in [0.2, 0.25) is 0 Å². The van der Waals surface area contributed by atoms with E-state index in [-0.39, 0.29) is 5.91 Å². The largest absolute Gasteiger partial charge is 0.357 e. The van der Waals surface area contributed by atoms with E-state index >= 15 is 0 Å². The zero-order valence-corrected chi connectivity index (χ0v) is 16.9. The molecule has 0 spiro atoms. The SMILES string of the molecule is CCn1c(SCC(=O)NCc2ccc(N3CCCC3)nc2)nc2ccccc21. The normalized spacial score (nSPS) is 14.0.